The Balaban J connectivity index is 1.95. The minimum atomic E-state index is -1.23. The van der Waals surface area contributed by atoms with E-state index in [1.165, 1.54) is 0 Å². The first-order chi connectivity index (χ1) is 13.5. The van der Waals surface area contributed by atoms with Crippen molar-refractivity contribution in [3.63, 3.8) is 0 Å². The van der Waals surface area contributed by atoms with Crippen LogP contribution in [0.25, 0.3) is 0 Å². The molecule has 3 amide bonds. The van der Waals surface area contributed by atoms with Crippen LogP contribution in [0.2, 0.25) is 0 Å². The van der Waals surface area contributed by atoms with E-state index in [2.05, 4.69) is 10.6 Å². The lowest BCUT2D eigenvalue weighted by Gasteiger charge is -2.18. The van der Waals surface area contributed by atoms with Crippen LogP contribution in [-0.4, -0.2) is 31.1 Å². The van der Waals surface area contributed by atoms with E-state index >= 15 is 0 Å². The second-order valence-corrected chi connectivity index (χ2v) is 6.04. The van der Waals surface area contributed by atoms with Crippen LogP contribution in [0.1, 0.15) is 30.6 Å². The number of benzene rings is 2. The lowest BCUT2D eigenvalue weighted by Crippen LogP contribution is -2.42. The third kappa shape index (κ3) is 6.75. The highest BCUT2D eigenvalue weighted by molar-refractivity contribution is 5.97. The van der Waals surface area contributed by atoms with Crippen molar-refractivity contribution in [3.05, 3.63) is 65.7 Å². The van der Waals surface area contributed by atoms with Gasteiger partial charge in [0.1, 0.15) is 5.75 Å². The average molecular weight is 384 g/mol. The zero-order valence-corrected chi connectivity index (χ0v) is 15.9. The van der Waals surface area contributed by atoms with E-state index in [0.717, 1.165) is 5.56 Å². The third-order valence-corrected chi connectivity index (χ3v) is 3.76. The first-order valence-corrected chi connectivity index (χ1v) is 9.02. The molecular weight excluding hydrogens is 360 g/mol. The Bertz CT molecular complexity index is 790. The molecule has 7 heteroatoms. The number of imide groups is 1. The van der Waals surface area contributed by atoms with E-state index in [0.29, 0.717) is 17.9 Å². The minimum Gasteiger partial charge on any atom is -0.493 e. The van der Waals surface area contributed by atoms with E-state index in [4.69, 9.17) is 9.47 Å². The van der Waals surface area contributed by atoms with Gasteiger partial charge < -0.3 is 14.8 Å². The van der Waals surface area contributed by atoms with Gasteiger partial charge in [-0.15, -0.1) is 0 Å². The maximum absolute atomic E-state index is 12.4. The lowest BCUT2D eigenvalue weighted by molar-refractivity contribution is -0.156. The van der Waals surface area contributed by atoms with Crippen molar-refractivity contribution >= 4 is 17.9 Å². The van der Waals surface area contributed by atoms with Gasteiger partial charge in [0.25, 0.3) is 5.91 Å². The maximum Gasteiger partial charge on any atom is 0.321 e. The molecule has 2 aromatic carbocycles. The molecule has 2 N–H and O–H groups in total. The van der Waals surface area contributed by atoms with Gasteiger partial charge in [0.2, 0.25) is 6.10 Å². The molecule has 0 fully saturated rings. The fraction of sp³-hybridized carbons (Fsp3) is 0.286. The van der Waals surface area contributed by atoms with Crippen molar-refractivity contribution < 1.29 is 23.9 Å². The topological polar surface area (TPSA) is 93.7 Å². The van der Waals surface area contributed by atoms with Gasteiger partial charge in [0.05, 0.1) is 13.0 Å². The van der Waals surface area contributed by atoms with Crippen molar-refractivity contribution in [1.29, 1.82) is 0 Å². The van der Waals surface area contributed by atoms with Gasteiger partial charge in [-0.2, -0.15) is 0 Å². The summed E-state index contributed by atoms with van der Waals surface area (Å²) in [5, 5.41) is 4.64. The molecule has 0 aromatic heterocycles. The number of rotatable bonds is 8. The molecule has 0 saturated carbocycles. The Kier molecular flexibility index (Phi) is 8.02. The van der Waals surface area contributed by atoms with Crippen LogP contribution in [0, 0.1) is 6.92 Å². The predicted octanol–water partition coefficient (Wildman–Crippen LogP) is 2.89. The summed E-state index contributed by atoms with van der Waals surface area (Å²) in [5.74, 6) is -0.677. The molecule has 2 aromatic rings. The molecular formula is C21H24N2O5. The van der Waals surface area contributed by atoms with Crippen molar-refractivity contribution in [1.82, 2.24) is 10.6 Å². The van der Waals surface area contributed by atoms with Crippen LogP contribution in [0.15, 0.2) is 54.6 Å². The van der Waals surface area contributed by atoms with Gasteiger partial charge in [0, 0.05) is 12.1 Å². The molecule has 1 atom stereocenters. The SMILES string of the molecule is CCNC(=O)NC(=O)[C@H](OC(=O)CCOc1ccc(C)cc1)c1ccccc1. The quantitative estimate of drug-likeness (QED) is 0.683. The Morgan fingerprint density at radius 1 is 1.00 bits per heavy atom. The third-order valence-electron chi connectivity index (χ3n) is 3.76. The van der Waals surface area contributed by atoms with E-state index in [-0.39, 0.29) is 13.0 Å². The number of aryl methyl sites for hydroxylation is 1. The highest BCUT2D eigenvalue weighted by Gasteiger charge is 2.26. The molecule has 0 heterocycles. The number of hydrogen-bond donors (Lipinski definition) is 2. The van der Waals surface area contributed by atoms with E-state index in [1.807, 2.05) is 31.2 Å². The minimum absolute atomic E-state index is 0.0361. The summed E-state index contributed by atoms with van der Waals surface area (Å²) in [6, 6.07) is 15.3. The number of urea groups is 1. The molecule has 28 heavy (non-hydrogen) atoms. The molecule has 0 bridgehead atoms. The van der Waals surface area contributed by atoms with Crippen LogP contribution in [0.3, 0.4) is 0 Å². The highest BCUT2D eigenvalue weighted by Crippen LogP contribution is 2.19. The summed E-state index contributed by atoms with van der Waals surface area (Å²) < 4.78 is 10.8. The fourth-order valence-corrected chi connectivity index (χ4v) is 2.36. The van der Waals surface area contributed by atoms with Gasteiger partial charge in [-0.1, -0.05) is 48.0 Å². The predicted molar refractivity (Wildman–Crippen MR) is 104 cm³/mol. The summed E-state index contributed by atoms with van der Waals surface area (Å²) in [7, 11) is 0. The highest BCUT2D eigenvalue weighted by atomic mass is 16.6. The van der Waals surface area contributed by atoms with Gasteiger partial charge >= 0.3 is 12.0 Å². The van der Waals surface area contributed by atoms with Crippen molar-refractivity contribution in [2.75, 3.05) is 13.2 Å². The van der Waals surface area contributed by atoms with Crippen molar-refractivity contribution in [2.45, 2.75) is 26.4 Å². The summed E-state index contributed by atoms with van der Waals surface area (Å²) in [6.45, 7) is 4.18. The summed E-state index contributed by atoms with van der Waals surface area (Å²) in [5.41, 5.74) is 1.58. The van der Waals surface area contributed by atoms with Crippen molar-refractivity contribution in [2.24, 2.45) is 0 Å². The molecule has 7 nitrogen and oxygen atoms in total. The van der Waals surface area contributed by atoms with Crippen molar-refractivity contribution in [3.8, 4) is 5.75 Å². The number of amides is 3. The zero-order valence-electron chi connectivity index (χ0n) is 15.9. The molecule has 0 unspecified atom stereocenters. The second-order valence-electron chi connectivity index (χ2n) is 6.04. The Hall–Kier alpha value is -3.35. The van der Waals surface area contributed by atoms with Crippen LogP contribution in [0.5, 0.6) is 5.75 Å². The second kappa shape index (κ2) is 10.7. The van der Waals surface area contributed by atoms with E-state index in [9.17, 15) is 14.4 Å². The molecule has 2 rings (SSSR count). The molecule has 0 aliphatic heterocycles. The first kappa shape index (κ1) is 21.0. The van der Waals surface area contributed by atoms with Crippen LogP contribution < -0.4 is 15.4 Å². The number of ether oxygens (including phenoxy) is 2. The Morgan fingerprint density at radius 2 is 1.68 bits per heavy atom. The number of carbonyl (C=O) groups is 3. The fourth-order valence-electron chi connectivity index (χ4n) is 2.36. The van der Waals surface area contributed by atoms with Gasteiger partial charge in [-0.25, -0.2) is 4.79 Å². The van der Waals surface area contributed by atoms with Gasteiger partial charge in [0.15, 0.2) is 0 Å². The van der Waals surface area contributed by atoms with Gasteiger partial charge in [-0.05, 0) is 26.0 Å². The lowest BCUT2D eigenvalue weighted by atomic mass is 10.1. The van der Waals surface area contributed by atoms with E-state index in [1.54, 1.807) is 37.3 Å². The van der Waals surface area contributed by atoms with Crippen LogP contribution in [0.4, 0.5) is 4.79 Å². The number of hydrogen-bond acceptors (Lipinski definition) is 5. The smallest absolute Gasteiger partial charge is 0.321 e. The monoisotopic (exact) mass is 384 g/mol. The largest absolute Gasteiger partial charge is 0.493 e. The Morgan fingerprint density at radius 3 is 2.32 bits per heavy atom. The van der Waals surface area contributed by atoms with E-state index < -0.39 is 24.0 Å². The summed E-state index contributed by atoms with van der Waals surface area (Å²) in [6.07, 6.45) is -1.26. The molecule has 0 spiro atoms. The molecule has 0 saturated heterocycles. The molecule has 0 aliphatic carbocycles. The van der Waals surface area contributed by atoms with Crippen LogP contribution in [-0.2, 0) is 14.3 Å². The summed E-state index contributed by atoms with van der Waals surface area (Å²) in [4.78, 5) is 36.2. The molecule has 148 valence electrons. The number of carbonyl (C=O) groups excluding carboxylic acids is 3. The number of esters is 1. The Labute approximate surface area is 164 Å². The van der Waals surface area contributed by atoms with Gasteiger partial charge in [-0.3, -0.25) is 14.9 Å². The molecule has 0 aliphatic rings. The standard InChI is InChI=1S/C21H24N2O5/c1-3-22-21(26)23-20(25)19(16-7-5-4-6-8-16)28-18(24)13-14-27-17-11-9-15(2)10-12-17/h4-12,19H,3,13-14H2,1-2H3,(H2,22,23,25,26)/t19-/m1/s1. The zero-order chi connectivity index (χ0) is 20.4. The average Bonchev–Trinajstić information content (AvgIpc) is 2.68. The maximum atomic E-state index is 12.4. The van der Waals surface area contributed by atoms with Crippen LogP contribution >= 0.6 is 0 Å². The first-order valence-electron chi connectivity index (χ1n) is 9.02. The number of nitrogens with one attached hydrogen (secondary N) is 2. The normalized spacial score (nSPS) is 11.2. The molecule has 0 radical (unpaired) electrons. The summed E-state index contributed by atoms with van der Waals surface area (Å²) >= 11 is 0.